The largest absolute Gasteiger partial charge is 0.494 e. The van der Waals surface area contributed by atoms with E-state index in [9.17, 15) is 43.5 Å². The van der Waals surface area contributed by atoms with E-state index in [0.29, 0.717) is 93.0 Å². The average molecular weight is 1200 g/mol. The maximum absolute atomic E-state index is 13.2. The number of hydrogen-bond donors (Lipinski definition) is 11. The van der Waals surface area contributed by atoms with Gasteiger partial charge in [0, 0.05) is 92.9 Å². The highest BCUT2D eigenvalue weighted by molar-refractivity contribution is 7.99. The molecule has 2 aromatic heterocycles. The lowest BCUT2D eigenvalue weighted by atomic mass is 10.2. The van der Waals surface area contributed by atoms with Crippen molar-refractivity contribution in [2.24, 2.45) is 21.7 Å². The van der Waals surface area contributed by atoms with Gasteiger partial charge in [-0.3, -0.25) is 63.8 Å². The number of methoxy groups -OCH3 is 2. The van der Waals surface area contributed by atoms with E-state index >= 15 is 0 Å². The molecule has 4 aromatic rings. The number of rotatable bonds is 31. The Morgan fingerprint density at radius 3 is 1.98 bits per heavy atom. The molecule has 0 radical (unpaired) electrons. The molecule has 30 nitrogen and oxygen atoms in total. The van der Waals surface area contributed by atoms with Crippen molar-refractivity contribution in [3.63, 3.8) is 0 Å². The molecular formula is C54H72N16O14S+2. The number of nitrogens with one attached hydrogen (secondary N) is 8. The standard InChI is InChI=1S/C54H70N16O14S/c1-80-44-27-40(5-7-42(44)63-65-53(78)51(76)57-9-3-13-67-15-19-82-20-16-67)61-46(71)33-69-29-36(25-37(30-69)48(55)73)35-84-60-12-24-85-23-11-59-50(75)39-26-38(49(56)74)31-70(32-39)34-47(72)62-41-6-8-43(45(28-41)81-2)64-66-54(79)52(77)58-10-4-14-68-17-21-83-22-18-68/h5-8,25-33,60H,3-4,9-24,34-35H2,1-2H3,(H10-2,55,56,57,58,59,61,62,63,64,65,66,71,72,73,74,75,76,77,78,79)/p+2/b46-33+. The molecule has 13 N–H and O–H groups in total. The summed E-state index contributed by atoms with van der Waals surface area (Å²) in [6, 6.07) is 11.9. The normalized spacial score (nSPS) is 13.7. The van der Waals surface area contributed by atoms with E-state index in [1.807, 2.05) is 0 Å². The van der Waals surface area contributed by atoms with Crippen LogP contribution in [-0.4, -0.2) is 180 Å². The summed E-state index contributed by atoms with van der Waals surface area (Å²) in [6.07, 6.45) is 8.38. The van der Waals surface area contributed by atoms with E-state index in [-0.39, 0.29) is 59.5 Å². The molecule has 2 aliphatic rings. The maximum atomic E-state index is 13.2. The molecule has 0 aliphatic carbocycles. The molecule has 0 saturated carbocycles. The molecule has 0 spiro atoms. The number of aliphatic hydroxyl groups is 1. The molecule has 31 heteroatoms. The highest BCUT2D eigenvalue weighted by atomic mass is 32.2. The van der Waals surface area contributed by atoms with E-state index < -0.39 is 47.3 Å². The zero-order valence-corrected chi connectivity index (χ0v) is 48.0. The van der Waals surface area contributed by atoms with Gasteiger partial charge in [-0.15, -0.1) is 10.2 Å². The number of hydroxylamine groups is 1. The summed E-state index contributed by atoms with van der Waals surface area (Å²) < 4.78 is 24.2. The number of anilines is 3. The SMILES string of the molecule is COc1cc(N/C(O)=C\[n+]2cc(CONCCSCCNC(=O)c3cc(C(N)=O)c[n+](CC(=O)Nc4ccc(NNC(=O)C(=O)NCCCN5CCOCC5)c(OC)c4)c3)cc(C(N)=O)c2)ccc1N=NC(=O)C(=O)NCCCN1CCOCC1. The summed E-state index contributed by atoms with van der Waals surface area (Å²) in [5.74, 6) is -5.08. The van der Waals surface area contributed by atoms with Crippen molar-refractivity contribution in [2.45, 2.75) is 26.0 Å². The van der Waals surface area contributed by atoms with Crippen LogP contribution in [-0.2, 0) is 51.4 Å². The Bertz CT molecular complexity index is 3050. The van der Waals surface area contributed by atoms with Gasteiger partial charge in [0.25, 0.3) is 29.5 Å². The molecule has 2 fully saturated rings. The number of aromatic nitrogens is 2. The van der Waals surface area contributed by atoms with Crippen LogP contribution in [0.3, 0.4) is 0 Å². The van der Waals surface area contributed by atoms with Crippen LogP contribution in [0.2, 0.25) is 0 Å². The lowest BCUT2D eigenvalue weighted by molar-refractivity contribution is -0.684. The summed E-state index contributed by atoms with van der Waals surface area (Å²) >= 11 is 1.50. The second-order valence-electron chi connectivity index (χ2n) is 18.8. The number of carbonyl (C=O) groups is 8. The second kappa shape index (κ2) is 34.7. The van der Waals surface area contributed by atoms with Crippen LogP contribution < -0.4 is 73.0 Å². The number of azo groups is 1. The number of pyridine rings is 2. The van der Waals surface area contributed by atoms with Gasteiger partial charge in [0.15, 0.2) is 24.8 Å². The molecule has 8 amide bonds. The van der Waals surface area contributed by atoms with E-state index in [1.54, 1.807) is 6.20 Å². The van der Waals surface area contributed by atoms with Gasteiger partial charge in [0.05, 0.1) is 52.9 Å². The van der Waals surface area contributed by atoms with Crippen LogP contribution in [0.15, 0.2) is 89.4 Å². The number of hydrogen-bond acceptors (Lipinski definition) is 21. The number of ether oxygens (including phenoxy) is 4. The molecule has 456 valence electrons. The maximum Gasteiger partial charge on any atom is 0.353 e. The molecule has 0 atom stereocenters. The van der Waals surface area contributed by atoms with Gasteiger partial charge >= 0.3 is 23.6 Å². The third-order valence-electron chi connectivity index (χ3n) is 12.5. The zero-order valence-electron chi connectivity index (χ0n) is 47.1. The third-order valence-corrected chi connectivity index (χ3v) is 13.5. The first-order valence-corrected chi connectivity index (χ1v) is 28.1. The van der Waals surface area contributed by atoms with Gasteiger partial charge in [0.2, 0.25) is 12.7 Å². The van der Waals surface area contributed by atoms with Crippen molar-refractivity contribution in [1.82, 2.24) is 36.7 Å². The predicted molar refractivity (Wildman–Crippen MR) is 309 cm³/mol. The van der Waals surface area contributed by atoms with Gasteiger partial charge in [-0.05, 0) is 62.3 Å². The fraction of sp³-hybridized carbons (Fsp3) is 0.407. The molecule has 4 heterocycles. The lowest BCUT2D eigenvalue weighted by Gasteiger charge is -2.26. The Balaban J connectivity index is 0.888. The summed E-state index contributed by atoms with van der Waals surface area (Å²) in [5, 5.41) is 31.7. The molecule has 2 aliphatic heterocycles. The van der Waals surface area contributed by atoms with Gasteiger partial charge in [0.1, 0.15) is 33.9 Å². The van der Waals surface area contributed by atoms with E-state index in [0.717, 1.165) is 39.3 Å². The number of thioether (sulfide) groups is 1. The summed E-state index contributed by atoms with van der Waals surface area (Å²) in [6.45, 7) is 8.48. The summed E-state index contributed by atoms with van der Waals surface area (Å²) in [7, 11) is 2.76. The molecule has 0 bridgehead atoms. The molecule has 6 rings (SSSR count). The minimum absolute atomic E-state index is 0.00213. The quantitative estimate of drug-likeness (QED) is 0.00752. The Morgan fingerprint density at radius 1 is 0.694 bits per heavy atom. The smallest absolute Gasteiger partial charge is 0.353 e. The molecule has 2 saturated heterocycles. The number of morpholine rings is 2. The number of aliphatic hydroxyl groups excluding tert-OH is 1. The van der Waals surface area contributed by atoms with Crippen LogP contribution in [0.4, 0.5) is 22.7 Å². The number of nitrogens with two attached hydrogens (primary N) is 2. The van der Waals surface area contributed by atoms with Crippen molar-refractivity contribution in [1.29, 1.82) is 0 Å². The Labute approximate surface area is 493 Å². The highest BCUT2D eigenvalue weighted by Gasteiger charge is 2.22. The number of benzene rings is 2. The molecule has 2 aromatic carbocycles. The molecule has 0 unspecified atom stereocenters. The number of nitrogens with zero attached hydrogens (tertiary/aromatic N) is 6. The summed E-state index contributed by atoms with van der Waals surface area (Å²) in [5.41, 5.74) is 20.9. The topological polar surface area (TPSA) is 390 Å². The van der Waals surface area contributed by atoms with Crippen LogP contribution in [0, 0.1) is 0 Å². The average Bonchev–Trinajstić information content (AvgIpc) is 3.68. The van der Waals surface area contributed by atoms with Gasteiger partial charge in [-0.1, -0.05) is 0 Å². The van der Waals surface area contributed by atoms with E-state index in [2.05, 4.69) is 62.9 Å². The Morgan fingerprint density at radius 2 is 1.31 bits per heavy atom. The molecule has 85 heavy (non-hydrogen) atoms. The minimum Gasteiger partial charge on any atom is -0.494 e. The first-order valence-electron chi connectivity index (χ1n) is 27.0. The lowest BCUT2D eigenvalue weighted by Crippen LogP contribution is -2.43. The van der Waals surface area contributed by atoms with E-state index in [4.69, 9.17) is 35.3 Å². The van der Waals surface area contributed by atoms with Crippen molar-refractivity contribution < 1.29 is 76.4 Å². The number of amides is 8. The Hall–Kier alpha value is -8.85. The van der Waals surface area contributed by atoms with Gasteiger partial charge < -0.3 is 62.1 Å². The fourth-order valence-corrected chi connectivity index (χ4v) is 8.92. The van der Waals surface area contributed by atoms with Gasteiger partial charge in [-0.25, -0.2) is 5.48 Å². The van der Waals surface area contributed by atoms with Crippen LogP contribution in [0.25, 0.3) is 6.20 Å². The number of carbonyl (C=O) groups excluding carboxylic acids is 8. The van der Waals surface area contributed by atoms with Crippen LogP contribution >= 0.6 is 11.8 Å². The van der Waals surface area contributed by atoms with Gasteiger partial charge in [-0.2, -0.15) is 20.9 Å². The molecular weight excluding hydrogens is 1130 g/mol. The van der Waals surface area contributed by atoms with Crippen LogP contribution in [0.5, 0.6) is 11.5 Å². The zero-order chi connectivity index (χ0) is 60.9. The van der Waals surface area contributed by atoms with Crippen molar-refractivity contribution >= 4 is 88.0 Å². The third kappa shape index (κ3) is 22.7. The van der Waals surface area contributed by atoms with Crippen molar-refractivity contribution in [3.8, 4) is 11.5 Å². The minimum atomic E-state index is -1.07. The number of hydrazine groups is 1. The predicted octanol–water partition coefficient (Wildman–Crippen LogP) is -0.544. The second-order valence-corrected chi connectivity index (χ2v) is 20.1. The first-order chi connectivity index (χ1) is 41.1. The monoisotopic (exact) mass is 1200 g/mol. The summed E-state index contributed by atoms with van der Waals surface area (Å²) in [4.78, 5) is 110. The van der Waals surface area contributed by atoms with Crippen LogP contribution in [0.1, 0.15) is 49.5 Å². The number of primary amides is 2. The Kier molecular flexibility index (Phi) is 26.6. The van der Waals surface area contributed by atoms with Crippen molar-refractivity contribution in [3.05, 3.63) is 101 Å². The first kappa shape index (κ1) is 65.3. The fourth-order valence-electron chi connectivity index (χ4n) is 8.24. The highest BCUT2D eigenvalue weighted by Crippen LogP contribution is 2.31. The van der Waals surface area contributed by atoms with E-state index in [1.165, 1.54) is 108 Å². The van der Waals surface area contributed by atoms with Crippen molar-refractivity contribution in [2.75, 3.05) is 134 Å².